The monoisotopic (exact) mass is 245 g/mol. The van der Waals surface area contributed by atoms with Gasteiger partial charge in [-0.1, -0.05) is 51.5 Å². The maximum atomic E-state index is 3.49. The second-order valence-corrected chi connectivity index (χ2v) is 6.36. The molecule has 0 aromatic heterocycles. The third-order valence-electron chi connectivity index (χ3n) is 4.83. The van der Waals surface area contributed by atoms with E-state index in [1.807, 2.05) is 0 Å². The molecule has 18 heavy (non-hydrogen) atoms. The van der Waals surface area contributed by atoms with Crippen molar-refractivity contribution in [2.24, 2.45) is 5.41 Å². The van der Waals surface area contributed by atoms with Gasteiger partial charge in [-0.3, -0.25) is 0 Å². The van der Waals surface area contributed by atoms with Crippen molar-refractivity contribution in [3.05, 3.63) is 35.4 Å². The maximum Gasteiger partial charge on any atom is 0.0369 e. The lowest BCUT2D eigenvalue weighted by Gasteiger charge is -2.34. The Morgan fingerprint density at radius 2 is 1.83 bits per heavy atom. The van der Waals surface area contributed by atoms with Crippen molar-refractivity contribution in [1.82, 2.24) is 5.32 Å². The highest BCUT2D eigenvalue weighted by atomic mass is 14.9. The van der Waals surface area contributed by atoms with Gasteiger partial charge in [-0.05, 0) is 48.8 Å². The molecule has 1 saturated carbocycles. The Labute approximate surface area is 112 Å². The number of hydrogen-bond donors (Lipinski definition) is 1. The van der Waals surface area contributed by atoms with Gasteiger partial charge in [0, 0.05) is 6.04 Å². The molecule has 1 atom stereocenters. The second kappa shape index (κ2) is 5.44. The first-order chi connectivity index (χ1) is 8.58. The van der Waals surface area contributed by atoms with Crippen LogP contribution in [0.4, 0.5) is 0 Å². The normalized spacial score (nSPS) is 18.4. The lowest BCUT2D eigenvalue weighted by molar-refractivity contribution is 0.245. The lowest BCUT2D eigenvalue weighted by atomic mass is 9.76. The average Bonchev–Trinajstić information content (AvgIpc) is 2.30. The van der Waals surface area contributed by atoms with Crippen LogP contribution >= 0.6 is 0 Å². The van der Waals surface area contributed by atoms with Crippen LogP contribution in [-0.4, -0.2) is 7.05 Å². The first kappa shape index (κ1) is 13.6. The van der Waals surface area contributed by atoms with Crippen LogP contribution in [0.3, 0.4) is 0 Å². The number of benzene rings is 1. The summed E-state index contributed by atoms with van der Waals surface area (Å²) >= 11 is 0. The van der Waals surface area contributed by atoms with Crippen molar-refractivity contribution < 1.29 is 0 Å². The predicted octanol–water partition coefficient (Wildman–Crippen LogP) is 4.65. The molecule has 0 saturated heterocycles. The fraction of sp³-hybridized carbons (Fsp3) is 0.647. The van der Waals surface area contributed by atoms with E-state index in [1.54, 1.807) is 0 Å². The molecule has 0 heterocycles. The zero-order chi connectivity index (χ0) is 13.2. The molecule has 0 bridgehead atoms. The number of nitrogens with one attached hydrogen (secondary N) is 1. The largest absolute Gasteiger partial charge is 0.313 e. The van der Waals surface area contributed by atoms with Gasteiger partial charge in [0.2, 0.25) is 0 Å². The van der Waals surface area contributed by atoms with E-state index in [1.165, 1.54) is 36.8 Å². The van der Waals surface area contributed by atoms with E-state index in [4.69, 9.17) is 0 Å². The van der Waals surface area contributed by atoms with Crippen molar-refractivity contribution in [2.75, 3.05) is 7.05 Å². The quantitative estimate of drug-likeness (QED) is 0.796. The summed E-state index contributed by atoms with van der Waals surface area (Å²) in [4.78, 5) is 0. The van der Waals surface area contributed by atoms with Crippen LogP contribution in [0.2, 0.25) is 0 Å². The van der Waals surface area contributed by atoms with E-state index in [0.29, 0.717) is 11.5 Å². The topological polar surface area (TPSA) is 12.0 Å². The first-order valence-electron chi connectivity index (χ1n) is 7.35. The summed E-state index contributed by atoms with van der Waals surface area (Å²) < 4.78 is 0. The Bertz CT molecular complexity index is 373. The van der Waals surface area contributed by atoms with Gasteiger partial charge >= 0.3 is 0 Å². The smallest absolute Gasteiger partial charge is 0.0369 e. The third kappa shape index (κ3) is 2.61. The van der Waals surface area contributed by atoms with Crippen LogP contribution in [0.15, 0.2) is 24.3 Å². The standard InChI is InChI=1S/C17H27N/c1-5-17(2,3)16(18-4)15-11-9-14(10-12-15)13-7-6-8-13/h9-13,16,18H,5-8H2,1-4H3. The van der Waals surface area contributed by atoms with Gasteiger partial charge in [-0.15, -0.1) is 0 Å². The molecule has 1 aromatic carbocycles. The summed E-state index contributed by atoms with van der Waals surface area (Å²) in [5.41, 5.74) is 3.26. The van der Waals surface area contributed by atoms with Gasteiger partial charge in [0.05, 0.1) is 0 Å². The highest BCUT2D eigenvalue weighted by molar-refractivity contribution is 5.29. The summed E-state index contributed by atoms with van der Waals surface area (Å²) in [7, 11) is 2.07. The highest BCUT2D eigenvalue weighted by Gasteiger charge is 2.28. The summed E-state index contributed by atoms with van der Waals surface area (Å²) in [5.74, 6) is 0.839. The highest BCUT2D eigenvalue weighted by Crippen LogP contribution is 2.39. The van der Waals surface area contributed by atoms with Gasteiger partial charge in [0.1, 0.15) is 0 Å². The zero-order valence-corrected chi connectivity index (χ0v) is 12.3. The summed E-state index contributed by atoms with van der Waals surface area (Å²) in [6.07, 6.45) is 5.36. The van der Waals surface area contributed by atoms with Crippen molar-refractivity contribution in [2.45, 2.75) is 58.4 Å². The Morgan fingerprint density at radius 1 is 1.22 bits per heavy atom. The average molecular weight is 245 g/mol. The number of hydrogen-bond acceptors (Lipinski definition) is 1. The summed E-state index contributed by atoms with van der Waals surface area (Å²) in [6.45, 7) is 6.95. The molecule has 1 heteroatoms. The predicted molar refractivity (Wildman–Crippen MR) is 78.9 cm³/mol. The molecule has 0 aliphatic heterocycles. The van der Waals surface area contributed by atoms with Crippen LogP contribution in [0.5, 0.6) is 0 Å². The van der Waals surface area contributed by atoms with Gasteiger partial charge in [-0.25, -0.2) is 0 Å². The Morgan fingerprint density at radius 3 is 2.22 bits per heavy atom. The van der Waals surface area contributed by atoms with Crippen LogP contribution in [0, 0.1) is 5.41 Å². The Balaban J connectivity index is 2.16. The first-order valence-corrected chi connectivity index (χ1v) is 7.35. The molecule has 1 aromatic rings. The Kier molecular flexibility index (Phi) is 4.11. The maximum absolute atomic E-state index is 3.49. The molecule has 1 N–H and O–H groups in total. The van der Waals surface area contributed by atoms with Crippen molar-refractivity contribution in [1.29, 1.82) is 0 Å². The van der Waals surface area contributed by atoms with Crippen molar-refractivity contribution in [3.8, 4) is 0 Å². The Hall–Kier alpha value is -0.820. The molecule has 1 aliphatic rings. The molecule has 2 rings (SSSR count). The van der Waals surface area contributed by atoms with E-state index < -0.39 is 0 Å². The fourth-order valence-electron chi connectivity index (χ4n) is 2.91. The van der Waals surface area contributed by atoms with E-state index in [2.05, 4.69) is 57.4 Å². The number of rotatable bonds is 5. The molecule has 1 nitrogen and oxygen atoms in total. The molecular formula is C17H27N. The molecular weight excluding hydrogens is 218 g/mol. The molecule has 1 fully saturated rings. The van der Waals surface area contributed by atoms with E-state index in [0.717, 1.165) is 5.92 Å². The van der Waals surface area contributed by atoms with Crippen LogP contribution in [-0.2, 0) is 0 Å². The lowest BCUT2D eigenvalue weighted by Crippen LogP contribution is -2.31. The van der Waals surface area contributed by atoms with E-state index in [-0.39, 0.29) is 0 Å². The molecule has 0 spiro atoms. The van der Waals surface area contributed by atoms with Crippen LogP contribution in [0.25, 0.3) is 0 Å². The minimum atomic E-state index is 0.298. The van der Waals surface area contributed by atoms with E-state index in [9.17, 15) is 0 Å². The minimum Gasteiger partial charge on any atom is -0.313 e. The fourth-order valence-corrected chi connectivity index (χ4v) is 2.91. The minimum absolute atomic E-state index is 0.298. The third-order valence-corrected chi connectivity index (χ3v) is 4.83. The summed E-state index contributed by atoms with van der Waals surface area (Å²) in [6, 6.07) is 9.78. The summed E-state index contributed by atoms with van der Waals surface area (Å²) in [5, 5.41) is 3.49. The van der Waals surface area contributed by atoms with Gasteiger partial charge in [0.25, 0.3) is 0 Å². The molecule has 0 amide bonds. The van der Waals surface area contributed by atoms with Gasteiger partial charge in [-0.2, -0.15) is 0 Å². The second-order valence-electron chi connectivity index (χ2n) is 6.36. The zero-order valence-electron chi connectivity index (χ0n) is 12.3. The van der Waals surface area contributed by atoms with Crippen molar-refractivity contribution in [3.63, 3.8) is 0 Å². The van der Waals surface area contributed by atoms with Crippen LogP contribution < -0.4 is 5.32 Å². The van der Waals surface area contributed by atoms with Crippen molar-refractivity contribution >= 4 is 0 Å². The molecule has 1 aliphatic carbocycles. The van der Waals surface area contributed by atoms with E-state index >= 15 is 0 Å². The molecule has 100 valence electrons. The van der Waals surface area contributed by atoms with Crippen LogP contribution in [0.1, 0.15) is 69.5 Å². The molecule has 0 radical (unpaired) electrons. The van der Waals surface area contributed by atoms with Gasteiger partial charge in [0.15, 0.2) is 0 Å². The molecule has 1 unspecified atom stereocenters. The van der Waals surface area contributed by atoms with Gasteiger partial charge < -0.3 is 5.32 Å². The SMILES string of the molecule is CCC(C)(C)C(NC)c1ccc(C2CCC2)cc1.